The number of aliphatic hydroxyl groups excluding tert-OH is 2. The molecule has 2 aromatic carbocycles. The zero-order valence-electron chi connectivity index (χ0n) is 13.9. The van der Waals surface area contributed by atoms with Crippen molar-refractivity contribution in [3.63, 3.8) is 0 Å². The quantitative estimate of drug-likeness (QED) is 0.853. The maximum Gasteiger partial charge on any atom is 0.184 e. The molecule has 0 amide bonds. The summed E-state index contributed by atoms with van der Waals surface area (Å²) in [5, 5.41) is 21.1. The summed E-state index contributed by atoms with van der Waals surface area (Å²) in [7, 11) is 0. The van der Waals surface area contributed by atoms with Crippen molar-refractivity contribution in [1.82, 2.24) is 0 Å². The van der Waals surface area contributed by atoms with Crippen molar-refractivity contribution in [3.8, 4) is 0 Å². The second-order valence-electron chi connectivity index (χ2n) is 6.87. The Balaban J connectivity index is 1.41. The van der Waals surface area contributed by atoms with Crippen LogP contribution in [0.4, 0.5) is 0 Å². The number of fused-ring (bicyclic) bond motifs is 3. The Labute approximate surface area is 150 Å². The van der Waals surface area contributed by atoms with Crippen LogP contribution in [0.5, 0.6) is 0 Å². The molecule has 26 heavy (non-hydrogen) atoms. The topological polar surface area (TPSA) is 77.4 Å². The Hall–Kier alpha value is -1.80. The fourth-order valence-electron chi connectivity index (χ4n) is 3.95. The van der Waals surface area contributed by atoms with Gasteiger partial charge in [0.05, 0.1) is 0 Å². The van der Waals surface area contributed by atoms with Crippen molar-refractivity contribution in [1.29, 1.82) is 0 Å². The summed E-state index contributed by atoms with van der Waals surface area (Å²) >= 11 is 0. The maximum absolute atomic E-state index is 10.5. The van der Waals surface area contributed by atoms with E-state index in [-0.39, 0.29) is 0 Å². The summed E-state index contributed by atoms with van der Waals surface area (Å²) in [6.45, 7) is 0. The van der Waals surface area contributed by atoms with Gasteiger partial charge in [-0.25, -0.2) is 0 Å². The third kappa shape index (κ3) is 2.58. The summed E-state index contributed by atoms with van der Waals surface area (Å²) in [5.74, 6) is 0. The van der Waals surface area contributed by atoms with Gasteiger partial charge in [0, 0.05) is 11.1 Å². The highest BCUT2D eigenvalue weighted by atomic mass is 16.8. The average molecular weight is 356 g/mol. The Morgan fingerprint density at radius 3 is 1.23 bits per heavy atom. The molecule has 1 saturated carbocycles. The molecule has 2 aliphatic heterocycles. The predicted molar refractivity (Wildman–Crippen MR) is 89.9 cm³/mol. The van der Waals surface area contributed by atoms with E-state index < -0.39 is 49.2 Å². The highest BCUT2D eigenvalue weighted by Crippen LogP contribution is 2.46. The van der Waals surface area contributed by atoms with Gasteiger partial charge in [0.25, 0.3) is 0 Å². The van der Waals surface area contributed by atoms with E-state index in [4.69, 9.17) is 18.9 Å². The van der Waals surface area contributed by atoms with Crippen molar-refractivity contribution >= 4 is 0 Å². The minimum atomic E-state index is -1.10. The minimum absolute atomic E-state index is 0.516. The predicted octanol–water partition coefficient (Wildman–Crippen LogP) is 1.69. The number of aliphatic hydroxyl groups is 2. The van der Waals surface area contributed by atoms with Crippen molar-refractivity contribution in [2.45, 2.75) is 49.2 Å². The lowest BCUT2D eigenvalue weighted by molar-refractivity contribution is -0.158. The molecule has 3 fully saturated rings. The molecular weight excluding hydrogens is 336 g/mol. The van der Waals surface area contributed by atoms with Crippen LogP contribution in [0.1, 0.15) is 23.7 Å². The van der Waals surface area contributed by atoms with E-state index in [0.717, 1.165) is 11.1 Å². The lowest BCUT2D eigenvalue weighted by atomic mass is 9.85. The Bertz CT molecular complexity index is 688. The van der Waals surface area contributed by atoms with Gasteiger partial charge in [-0.3, -0.25) is 0 Å². The molecular formula is C20H20O6. The minimum Gasteiger partial charge on any atom is -0.387 e. The molecule has 6 nitrogen and oxygen atoms in total. The molecule has 3 aliphatic rings. The van der Waals surface area contributed by atoms with E-state index in [0.29, 0.717) is 0 Å². The molecule has 6 heteroatoms. The van der Waals surface area contributed by atoms with Gasteiger partial charge >= 0.3 is 0 Å². The van der Waals surface area contributed by atoms with Gasteiger partial charge < -0.3 is 29.2 Å². The first kappa shape index (κ1) is 16.4. The van der Waals surface area contributed by atoms with E-state index in [9.17, 15) is 10.2 Å². The summed E-state index contributed by atoms with van der Waals surface area (Å²) in [6, 6.07) is 19.1. The number of benzene rings is 2. The lowest BCUT2D eigenvalue weighted by Crippen LogP contribution is -2.61. The molecule has 0 unspecified atom stereocenters. The van der Waals surface area contributed by atoms with Gasteiger partial charge in [-0.2, -0.15) is 0 Å². The molecule has 2 saturated heterocycles. The van der Waals surface area contributed by atoms with E-state index >= 15 is 0 Å². The van der Waals surface area contributed by atoms with Crippen LogP contribution in [0.2, 0.25) is 0 Å². The van der Waals surface area contributed by atoms with Gasteiger partial charge in [-0.05, 0) is 0 Å². The third-order valence-electron chi connectivity index (χ3n) is 5.26. The van der Waals surface area contributed by atoms with Gasteiger partial charge in [0.1, 0.15) is 36.6 Å². The molecule has 0 bridgehead atoms. The fourth-order valence-corrected chi connectivity index (χ4v) is 3.95. The normalized spacial score (nSPS) is 41.6. The summed E-state index contributed by atoms with van der Waals surface area (Å²) in [4.78, 5) is 0. The maximum atomic E-state index is 10.5. The molecule has 8 atom stereocenters. The number of rotatable bonds is 2. The lowest BCUT2D eigenvalue weighted by Gasteiger charge is -2.38. The zero-order chi connectivity index (χ0) is 17.7. The van der Waals surface area contributed by atoms with Crippen LogP contribution in [0, 0.1) is 0 Å². The molecule has 2 N–H and O–H groups in total. The third-order valence-corrected chi connectivity index (χ3v) is 5.26. The van der Waals surface area contributed by atoms with E-state index in [1.54, 1.807) is 0 Å². The molecule has 1 aliphatic carbocycles. The Morgan fingerprint density at radius 1 is 0.500 bits per heavy atom. The van der Waals surface area contributed by atoms with E-state index in [1.807, 2.05) is 60.7 Å². The van der Waals surface area contributed by atoms with Crippen LogP contribution in [-0.4, -0.2) is 46.8 Å². The van der Waals surface area contributed by atoms with Gasteiger partial charge in [-0.15, -0.1) is 0 Å². The van der Waals surface area contributed by atoms with Crippen molar-refractivity contribution < 1.29 is 29.2 Å². The van der Waals surface area contributed by atoms with Crippen LogP contribution in [0.25, 0.3) is 0 Å². The zero-order valence-corrected chi connectivity index (χ0v) is 13.9. The smallest absolute Gasteiger partial charge is 0.184 e. The van der Waals surface area contributed by atoms with Crippen molar-refractivity contribution in [2.24, 2.45) is 0 Å². The van der Waals surface area contributed by atoms with Crippen LogP contribution >= 0.6 is 0 Å². The van der Waals surface area contributed by atoms with Crippen LogP contribution < -0.4 is 0 Å². The van der Waals surface area contributed by atoms with Gasteiger partial charge in [-0.1, -0.05) is 60.7 Å². The number of ether oxygens (including phenoxy) is 4. The summed E-state index contributed by atoms with van der Waals surface area (Å²) in [6.07, 6.45) is -5.79. The second kappa shape index (κ2) is 6.42. The molecule has 0 spiro atoms. The van der Waals surface area contributed by atoms with Crippen LogP contribution in [0.15, 0.2) is 60.7 Å². The SMILES string of the molecule is O[C@@H]1[C@H](O)[C@H]2O[C@@H](c3ccccc3)O[C@@H]2[C@@H]2O[C@H](c3ccccc3)O[C@H]12. The first-order valence-corrected chi connectivity index (χ1v) is 8.80. The van der Waals surface area contributed by atoms with Crippen molar-refractivity contribution in [3.05, 3.63) is 71.8 Å². The van der Waals surface area contributed by atoms with Crippen molar-refractivity contribution in [2.75, 3.05) is 0 Å². The molecule has 0 radical (unpaired) electrons. The molecule has 0 aromatic heterocycles. The number of hydrogen-bond donors (Lipinski definition) is 2. The molecule has 2 aromatic rings. The molecule has 2 heterocycles. The van der Waals surface area contributed by atoms with E-state index in [2.05, 4.69) is 0 Å². The Morgan fingerprint density at radius 2 is 0.846 bits per heavy atom. The summed E-state index contributed by atoms with van der Waals surface area (Å²) in [5.41, 5.74) is 1.72. The Kier molecular flexibility index (Phi) is 4.04. The molecule has 5 rings (SSSR count). The number of hydrogen-bond acceptors (Lipinski definition) is 6. The highest BCUT2D eigenvalue weighted by molar-refractivity contribution is 5.20. The van der Waals surface area contributed by atoms with Gasteiger partial charge in [0.15, 0.2) is 12.6 Å². The fraction of sp³-hybridized carbons (Fsp3) is 0.400. The van der Waals surface area contributed by atoms with E-state index in [1.165, 1.54) is 0 Å². The summed E-state index contributed by atoms with van der Waals surface area (Å²) < 4.78 is 24.0. The first-order chi connectivity index (χ1) is 12.7. The average Bonchev–Trinajstić information content (AvgIpc) is 3.32. The monoisotopic (exact) mass is 356 g/mol. The van der Waals surface area contributed by atoms with Crippen LogP contribution in [0.3, 0.4) is 0 Å². The highest BCUT2D eigenvalue weighted by Gasteiger charge is 2.60. The largest absolute Gasteiger partial charge is 0.387 e. The van der Waals surface area contributed by atoms with Crippen LogP contribution in [-0.2, 0) is 18.9 Å². The molecule has 136 valence electrons. The second-order valence-corrected chi connectivity index (χ2v) is 6.87. The van der Waals surface area contributed by atoms with Gasteiger partial charge in [0.2, 0.25) is 0 Å². The first-order valence-electron chi connectivity index (χ1n) is 8.80. The standard InChI is InChI=1S/C20H20O6/c21-13-14(22)16-18(26-20(24-16)12-9-5-2-6-10-12)17-15(13)23-19(25-17)11-7-3-1-4-8-11/h1-10,13-22H/t13-,14+,15-,16-,17-,18+,19-,20-/m1/s1.